The fraction of sp³-hybridized carbons (Fsp3) is 0.364. The summed E-state index contributed by atoms with van der Waals surface area (Å²) < 4.78 is 5.73. The van der Waals surface area contributed by atoms with Gasteiger partial charge in [0.1, 0.15) is 0 Å². The second kappa shape index (κ2) is 10.0. The smallest absolute Gasteiger partial charge is 0.257 e. The quantitative estimate of drug-likeness (QED) is 0.771. The molecule has 6 heteroatoms. The molecular formula is C22H27N3O3. The van der Waals surface area contributed by atoms with E-state index >= 15 is 0 Å². The normalized spacial score (nSPS) is 16.6. The second-order valence-corrected chi connectivity index (χ2v) is 7.10. The summed E-state index contributed by atoms with van der Waals surface area (Å²) in [4.78, 5) is 27.0. The van der Waals surface area contributed by atoms with E-state index in [1.807, 2.05) is 42.3 Å². The van der Waals surface area contributed by atoms with Gasteiger partial charge < -0.3 is 15.4 Å². The Morgan fingerprint density at radius 3 is 2.54 bits per heavy atom. The van der Waals surface area contributed by atoms with E-state index in [-0.39, 0.29) is 24.5 Å². The van der Waals surface area contributed by atoms with E-state index in [9.17, 15) is 9.59 Å². The van der Waals surface area contributed by atoms with Crippen molar-refractivity contribution >= 4 is 23.2 Å². The predicted octanol–water partition coefficient (Wildman–Crippen LogP) is 3.38. The lowest BCUT2D eigenvalue weighted by Crippen LogP contribution is -2.38. The van der Waals surface area contributed by atoms with Crippen LogP contribution in [-0.4, -0.2) is 49.6 Å². The molecule has 0 aliphatic carbocycles. The number of ether oxygens (including phenoxy) is 1. The molecule has 1 saturated heterocycles. The fourth-order valence-electron chi connectivity index (χ4n) is 3.31. The largest absolute Gasteiger partial charge is 0.377 e. The molecule has 0 bridgehead atoms. The Kier molecular flexibility index (Phi) is 7.17. The zero-order chi connectivity index (χ0) is 19.8. The Balaban J connectivity index is 1.57. The van der Waals surface area contributed by atoms with Crippen molar-refractivity contribution in [1.82, 2.24) is 4.90 Å². The van der Waals surface area contributed by atoms with Crippen molar-refractivity contribution < 1.29 is 14.3 Å². The van der Waals surface area contributed by atoms with E-state index in [2.05, 4.69) is 10.6 Å². The van der Waals surface area contributed by atoms with Gasteiger partial charge in [-0.05, 0) is 50.6 Å². The average Bonchev–Trinajstić information content (AvgIpc) is 2.69. The highest BCUT2D eigenvalue weighted by molar-refractivity contribution is 6.10. The molecule has 6 nitrogen and oxygen atoms in total. The molecule has 1 aliphatic heterocycles. The summed E-state index contributed by atoms with van der Waals surface area (Å²) in [5.74, 6) is -0.413. The molecule has 0 spiro atoms. The third-order valence-corrected chi connectivity index (χ3v) is 4.68. The Labute approximate surface area is 165 Å². The Morgan fingerprint density at radius 1 is 1.04 bits per heavy atom. The molecule has 2 aromatic rings. The van der Waals surface area contributed by atoms with Crippen molar-refractivity contribution in [3.8, 4) is 0 Å². The maximum absolute atomic E-state index is 12.6. The number of carbonyl (C=O) groups excluding carboxylic acids is 2. The molecule has 0 saturated carbocycles. The number of carbonyl (C=O) groups is 2. The van der Waals surface area contributed by atoms with Crippen molar-refractivity contribution in [2.24, 2.45) is 0 Å². The van der Waals surface area contributed by atoms with Gasteiger partial charge in [-0.15, -0.1) is 0 Å². The van der Waals surface area contributed by atoms with Gasteiger partial charge in [0.2, 0.25) is 5.91 Å². The van der Waals surface area contributed by atoms with Gasteiger partial charge in [-0.3, -0.25) is 14.5 Å². The summed E-state index contributed by atoms with van der Waals surface area (Å²) >= 11 is 0. The van der Waals surface area contributed by atoms with Gasteiger partial charge in [-0.25, -0.2) is 0 Å². The first-order valence-electron chi connectivity index (χ1n) is 9.67. The number of anilines is 2. The summed E-state index contributed by atoms with van der Waals surface area (Å²) in [6.07, 6.45) is 3.52. The molecule has 2 amide bonds. The van der Waals surface area contributed by atoms with Crippen LogP contribution in [0.25, 0.3) is 0 Å². The van der Waals surface area contributed by atoms with Crippen LogP contribution in [0, 0.1) is 0 Å². The number of para-hydroxylation sites is 2. The van der Waals surface area contributed by atoms with Crippen molar-refractivity contribution in [1.29, 1.82) is 0 Å². The van der Waals surface area contributed by atoms with Gasteiger partial charge in [0.05, 0.1) is 23.9 Å². The van der Waals surface area contributed by atoms with Gasteiger partial charge in [0, 0.05) is 18.8 Å². The lowest BCUT2D eigenvalue weighted by Gasteiger charge is -2.27. The number of hydrogen-bond acceptors (Lipinski definition) is 4. The first kappa shape index (κ1) is 20.0. The van der Waals surface area contributed by atoms with E-state index in [4.69, 9.17) is 4.74 Å². The molecule has 2 N–H and O–H groups in total. The second-order valence-electron chi connectivity index (χ2n) is 7.10. The lowest BCUT2D eigenvalue weighted by molar-refractivity contribution is -0.117. The zero-order valence-corrected chi connectivity index (χ0v) is 16.2. The van der Waals surface area contributed by atoms with Gasteiger partial charge in [-0.2, -0.15) is 0 Å². The molecule has 1 atom stereocenters. The van der Waals surface area contributed by atoms with E-state index in [0.717, 1.165) is 26.0 Å². The minimum absolute atomic E-state index is 0.154. The third-order valence-electron chi connectivity index (χ3n) is 4.68. The Hall–Kier alpha value is -2.70. The van der Waals surface area contributed by atoms with Crippen LogP contribution in [0.1, 0.15) is 29.6 Å². The number of amides is 2. The number of benzene rings is 2. The molecule has 28 heavy (non-hydrogen) atoms. The number of rotatable bonds is 7. The van der Waals surface area contributed by atoms with Crippen LogP contribution >= 0.6 is 0 Å². The van der Waals surface area contributed by atoms with Gasteiger partial charge in [0.15, 0.2) is 0 Å². The Bertz CT molecular complexity index is 789. The van der Waals surface area contributed by atoms with Crippen LogP contribution in [0.3, 0.4) is 0 Å². The SMILES string of the molecule is CN(CC(=O)Nc1ccccc1C(=O)Nc1ccccc1)CC1CCCCO1. The minimum atomic E-state index is -0.258. The van der Waals surface area contributed by atoms with E-state index in [0.29, 0.717) is 16.9 Å². The molecule has 0 aromatic heterocycles. The highest BCUT2D eigenvalue weighted by atomic mass is 16.5. The van der Waals surface area contributed by atoms with Gasteiger partial charge in [0.25, 0.3) is 5.91 Å². The fourth-order valence-corrected chi connectivity index (χ4v) is 3.31. The number of nitrogens with zero attached hydrogens (tertiary/aromatic N) is 1. The zero-order valence-electron chi connectivity index (χ0n) is 16.2. The highest BCUT2D eigenvalue weighted by Crippen LogP contribution is 2.18. The van der Waals surface area contributed by atoms with Crippen molar-refractivity contribution in [2.45, 2.75) is 25.4 Å². The number of likely N-dealkylation sites (N-methyl/N-ethyl adjacent to an activating group) is 1. The van der Waals surface area contributed by atoms with Crippen molar-refractivity contribution in [3.63, 3.8) is 0 Å². The number of nitrogens with one attached hydrogen (secondary N) is 2. The molecular weight excluding hydrogens is 354 g/mol. The molecule has 148 valence electrons. The molecule has 1 aliphatic rings. The van der Waals surface area contributed by atoms with E-state index in [1.54, 1.807) is 24.3 Å². The molecule has 1 fully saturated rings. The maximum atomic E-state index is 12.6. The standard InChI is InChI=1S/C22H27N3O3/c1-25(15-18-11-7-8-14-28-18)16-21(26)24-20-13-6-5-12-19(20)22(27)23-17-9-3-2-4-10-17/h2-6,9-10,12-13,18H,7-8,11,14-16H2,1H3,(H,23,27)(H,24,26). The van der Waals surface area contributed by atoms with Crippen molar-refractivity contribution in [3.05, 3.63) is 60.2 Å². The third kappa shape index (κ3) is 5.90. The maximum Gasteiger partial charge on any atom is 0.257 e. The summed E-state index contributed by atoms with van der Waals surface area (Å²) in [7, 11) is 1.91. The molecule has 2 aromatic carbocycles. The summed E-state index contributed by atoms with van der Waals surface area (Å²) in [5, 5.41) is 5.71. The van der Waals surface area contributed by atoms with E-state index in [1.165, 1.54) is 6.42 Å². The first-order valence-corrected chi connectivity index (χ1v) is 9.67. The first-order chi connectivity index (χ1) is 13.6. The minimum Gasteiger partial charge on any atom is -0.377 e. The molecule has 0 radical (unpaired) electrons. The lowest BCUT2D eigenvalue weighted by atomic mass is 10.1. The summed E-state index contributed by atoms with van der Waals surface area (Å²) in [6, 6.07) is 16.3. The van der Waals surface area contributed by atoms with Crippen molar-refractivity contribution in [2.75, 3.05) is 37.4 Å². The van der Waals surface area contributed by atoms with Gasteiger partial charge >= 0.3 is 0 Å². The van der Waals surface area contributed by atoms with Crippen LogP contribution in [0.15, 0.2) is 54.6 Å². The topological polar surface area (TPSA) is 70.7 Å². The van der Waals surface area contributed by atoms with Crippen LogP contribution < -0.4 is 10.6 Å². The van der Waals surface area contributed by atoms with Crippen LogP contribution in [0.2, 0.25) is 0 Å². The number of hydrogen-bond donors (Lipinski definition) is 2. The van der Waals surface area contributed by atoms with E-state index < -0.39 is 0 Å². The van der Waals surface area contributed by atoms with Crippen LogP contribution in [-0.2, 0) is 9.53 Å². The summed E-state index contributed by atoms with van der Waals surface area (Å²) in [5.41, 5.74) is 1.64. The summed E-state index contributed by atoms with van der Waals surface area (Å²) in [6.45, 7) is 1.77. The molecule has 1 unspecified atom stereocenters. The van der Waals surface area contributed by atoms with Crippen LogP contribution in [0.4, 0.5) is 11.4 Å². The Morgan fingerprint density at radius 2 is 1.79 bits per heavy atom. The highest BCUT2D eigenvalue weighted by Gasteiger charge is 2.18. The van der Waals surface area contributed by atoms with Crippen LogP contribution in [0.5, 0.6) is 0 Å². The molecule has 1 heterocycles. The average molecular weight is 381 g/mol. The monoisotopic (exact) mass is 381 g/mol. The molecule has 3 rings (SSSR count). The van der Waals surface area contributed by atoms with Gasteiger partial charge in [-0.1, -0.05) is 30.3 Å². The predicted molar refractivity (Wildman–Crippen MR) is 111 cm³/mol.